The van der Waals surface area contributed by atoms with E-state index < -0.39 is 10.0 Å². The molecule has 5 nitrogen and oxygen atoms in total. The average molecular weight is 331 g/mol. The highest BCUT2D eigenvalue weighted by molar-refractivity contribution is 7.93. The van der Waals surface area contributed by atoms with Gasteiger partial charge in [0.25, 0.3) is 10.0 Å². The zero-order chi connectivity index (χ0) is 16.9. The molecule has 3 rings (SSSR count). The maximum atomic E-state index is 13.0. The Morgan fingerprint density at radius 2 is 1.70 bits per heavy atom. The fourth-order valence-corrected chi connectivity index (χ4v) is 4.24. The fourth-order valence-electron chi connectivity index (χ4n) is 2.91. The van der Waals surface area contributed by atoms with Crippen LogP contribution < -0.4 is 9.21 Å². The topological polar surface area (TPSA) is 53.5 Å². The molecule has 122 valence electrons. The molecule has 0 unspecified atom stereocenters. The fraction of sp³-hybridized carbons (Fsp3) is 0.353. The average Bonchev–Trinajstić information content (AvgIpc) is 2.55. The molecule has 0 atom stereocenters. The van der Waals surface area contributed by atoms with Crippen molar-refractivity contribution in [2.45, 2.75) is 38.6 Å². The number of benzene rings is 1. The van der Waals surface area contributed by atoms with E-state index in [1.54, 1.807) is 25.4 Å². The van der Waals surface area contributed by atoms with Gasteiger partial charge in [0.1, 0.15) is 4.90 Å². The van der Waals surface area contributed by atoms with Gasteiger partial charge in [-0.3, -0.25) is 4.31 Å². The minimum absolute atomic E-state index is 0.0752. The standard InChI is InChI=1S/C17H21N3O2S/c1-11(2)20-15-10-13(4)12(3)9-14(15)19(5)23(21,22)16-7-6-8-18-17(16)20/h6-11H,1-5H3. The van der Waals surface area contributed by atoms with E-state index in [1.165, 1.54) is 4.31 Å². The molecule has 0 saturated heterocycles. The van der Waals surface area contributed by atoms with Gasteiger partial charge in [-0.25, -0.2) is 13.4 Å². The zero-order valence-electron chi connectivity index (χ0n) is 14.0. The van der Waals surface area contributed by atoms with Crippen LogP contribution in [0.25, 0.3) is 0 Å². The molecule has 1 aromatic carbocycles. The van der Waals surface area contributed by atoms with E-state index in [0.29, 0.717) is 11.5 Å². The van der Waals surface area contributed by atoms with Crippen LogP contribution in [0.4, 0.5) is 17.2 Å². The Labute approximate surface area is 137 Å². The third kappa shape index (κ3) is 2.28. The first-order chi connectivity index (χ1) is 10.7. The number of fused-ring (bicyclic) bond motifs is 2. The van der Waals surface area contributed by atoms with E-state index in [1.807, 2.05) is 44.7 Å². The van der Waals surface area contributed by atoms with Gasteiger partial charge in [-0.05, 0) is 63.1 Å². The third-order valence-corrected chi connectivity index (χ3v) is 6.12. The normalized spacial score (nSPS) is 16.1. The molecule has 0 fully saturated rings. The Morgan fingerprint density at radius 1 is 1.09 bits per heavy atom. The van der Waals surface area contributed by atoms with Gasteiger partial charge >= 0.3 is 0 Å². The lowest BCUT2D eigenvalue weighted by Gasteiger charge is -2.29. The van der Waals surface area contributed by atoms with Crippen LogP contribution in [-0.4, -0.2) is 26.5 Å². The molecule has 1 aliphatic rings. The molecule has 0 aliphatic carbocycles. The van der Waals surface area contributed by atoms with Crippen LogP contribution in [0, 0.1) is 13.8 Å². The van der Waals surface area contributed by atoms with Gasteiger partial charge in [-0.1, -0.05) is 0 Å². The number of sulfonamides is 1. The van der Waals surface area contributed by atoms with Gasteiger partial charge in [0.2, 0.25) is 0 Å². The summed E-state index contributed by atoms with van der Waals surface area (Å²) in [5.74, 6) is 0.483. The summed E-state index contributed by atoms with van der Waals surface area (Å²) in [6.07, 6.45) is 1.63. The van der Waals surface area contributed by atoms with Crippen molar-refractivity contribution in [1.82, 2.24) is 4.98 Å². The second-order valence-corrected chi connectivity index (χ2v) is 8.12. The smallest absolute Gasteiger partial charge is 0.267 e. The summed E-state index contributed by atoms with van der Waals surface area (Å²) >= 11 is 0. The molecule has 2 aromatic rings. The summed E-state index contributed by atoms with van der Waals surface area (Å²) in [5, 5.41) is 0. The SMILES string of the molecule is Cc1cc2c(cc1C)N(C)S(=O)(=O)c1cccnc1N2C(C)C. The molecule has 1 aromatic heterocycles. The van der Waals surface area contributed by atoms with Gasteiger partial charge < -0.3 is 4.90 Å². The summed E-state index contributed by atoms with van der Waals surface area (Å²) in [6, 6.07) is 7.33. The molecule has 2 heterocycles. The first-order valence-electron chi connectivity index (χ1n) is 7.59. The van der Waals surface area contributed by atoms with Crippen LogP contribution in [0.2, 0.25) is 0 Å². The molecule has 0 bridgehead atoms. The van der Waals surface area contributed by atoms with Gasteiger partial charge in [-0.15, -0.1) is 0 Å². The number of nitrogens with zero attached hydrogens (tertiary/aromatic N) is 3. The quantitative estimate of drug-likeness (QED) is 0.804. The largest absolute Gasteiger partial charge is 0.321 e. The predicted octanol–water partition coefficient (Wildman–Crippen LogP) is 3.38. The Hall–Kier alpha value is -2.08. The van der Waals surface area contributed by atoms with Crippen molar-refractivity contribution in [3.63, 3.8) is 0 Å². The Bertz CT molecular complexity index is 875. The van der Waals surface area contributed by atoms with Crippen LogP contribution in [0.5, 0.6) is 0 Å². The van der Waals surface area contributed by atoms with Gasteiger partial charge in [0.05, 0.1) is 11.4 Å². The predicted molar refractivity (Wildman–Crippen MR) is 93.0 cm³/mol. The van der Waals surface area contributed by atoms with Crippen molar-refractivity contribution in [2.75, 3.05) is 16.3 Å². The minimum Gasteiger partial charge on any atom is -0.321 e. The number of anilines is 3. The van der Waals surface area contributed by atoms with Gasteiger partial charge in [0.15, 0.2) is 5.82 Å². The summed E-state index contributed by atoms with van der Waals surface area (Å²) < 4.78 is 27.4. The highest BCUT2D eigenvalue weighted by Gasteiger charge is 2.35. The van der Waals surface area contributed by atoms with E-state index in [2.05, 4.69) is 4.98 Å². The number of hydrogen-bond donors (Lipinski definition) is 0. The van der Waals surface area contributed by atoms with Crippen molar-refractivity contribution in [1.29, 1.82) is 0 Å². The highest BCUT2D eigenvalue weighted by Crippen LogP contribution is 2.44. The van der Waals surface area contributed by atoms with Gasteiger partial charge in [-0.2, -0.15) is 0 Å². The Kier molecular flexibility index (Phi) is 3.59. The van der Waals surface area contributed by atoms with Crippen molar-refractivity contribution >= 4 is 27.2 Å². The Balaban J connectivity index is 2.45. The van der Waals surface area contributed by atoms with Gasteiger partial charge in [0, 0.05) is 19.3 Å². The van der Waals surface area contributed by atoms with E-state index in [9.17, 15) is 8.42 Å². The molecule has 1 aliphatic heterocycles. The summed E-state index contributed by atoms with van der Waals surface area (Å²) in [7, 11) is -2.04. The molecule has 6 heteroatoms. The van der Waals surface area contributed by atoms with E-state index in [-0.39, 0.29) is 10.9 Å². The molecule has 0 radical (unpaired) electrons. The van der Waals surface area contributed by atoms with Crippen molar-refractivity contribution in [3.8, 4) is 0 Å². The maximum absolute atomic E-state index is 13.0. The summed E-state index contributed by atoms with van der Waals surface area (Å²) in [5.41, 5.74) is 3.74. The van der Waals surface area contributed by atoms with Crippen molar-refractivity contribution in [3.05, 3.63) is 41.6 Å². The lowest BCUT2D eigenvalue weighted by molar-refractivity contribution is 0.594. The summed E-state index contributed by atoms with van der Waals surface area (Å²) in [6.45, 7) is 8.10. The summed E-state index contributed by atoms with van der Waals surface area (Å²) in [4.78, 5) is 6.62. The van der Waals surface area contributed by atoms with Crippen LogP contribution in [0.1, 0.15) is 25.0 Å². The molecule has 0 N–H and O–H groups in total. The first kappa shape index (κ1) is 15.8. The van der Waals surface area contributed by atoms with E-state index in [4.69, 9.17) is 0 Å². The van der Waals surface area contributed by atoms with Crippen LogP contribution in [0.3, 0.4) is 0 Å². The zero-order valence-corrected chi connectivity index (χ0v) is 14.8. The number of aryl methyl sites for hydroxylation is 2. The molecular weight excluding hydrogens is 310 g/mol. The lowest BCUT2D eigenvalue weighted by Crippen LogP contribution is -2.27. The maximum Gasteiger partial charge on any atom is 0.267 e. The minimum atomic E-state index is -3.64. The van der Waals surface area contributed by atoms with E-state index >= 15 is 0 Å². The second kappa shape index (κ2) is 5.23. The lowest BCUT2D eigenvalue weighted by atomic mass is 10.1. The van der Waals surface area contributed by atoms with E-state index in [0.717, 1.165) is 16.8 Å². The molecule has 0 spiro atoms. The molecule has 23 heavy (non-hydrogen) atoms. The monoisotopic (exact) mass is 331 g/mol. The molecule has 0 saturated carbocycles. The first-order valence-corrected chi connectivity index (χ1v) is 9.03. The van der Waals surface area contributed by atoms with Crippen molar-refractivity contribution < 1.29 is 8.42 Å². The van der Waals surface area contributed by atoms with Crippen LogP contribution in [-0.2, 0) is 10.0 Å². The third-order valence-electron chi connectivity index (χ3n) is 4.32. The van der Waals surface area contributed by atoms with Crippen LogP contribution in [0.15, 0.2) is 35.4 Å². The number of aromatic nitrogens is 1. The number of pyridine rings is 1. The number of rotatable bonds is 1. The van der Waals surface area contributed by atoms with Crippen molar-refractivity contribution in [2.24, 2.45) is 0 Å². The number of hydrogen-bond acceptors (Lipinski definition) is 4. The molecule has 0 amide bonds. The highest BCUT2D eigenvalue weighted by atomic mass is 32.2. The second-order valence-electron chi connectivity index (χ2n) is 6.19. The Morgan fingerprint density at radius 3 is 2.30 bits per heavy atom. The van der Waals surface area contributed by atoms with Crippen LogP contribution >= 0.6 is 0 Å². The molecular formula is C17H21N3O2S.